The van der Waals surface area contributed by atoms with Crippen LogP contribution in [0, 0.1) is 18.2 Å². The topological polar surface area (TPSA) is 78.4 Å². The second-order valence-corrected chi connectivity index (χ2v) is 9.76. The first kappa shape index (κ1) is 25.7. The quantitative estimate of drug-likeness (QED) is 0.287. The van der Waals surface area contributed by atoms with E-state index in [4.69, 9.17) is 0 Å². The highest BCUT2D eigenvalue weighted by Crippen LogP contribution is 2.39. The van der Waals surface area contributed by atoms with Gasteiger partial charge < -0.3 is 14.7 Å². The highest BCUT2D eigenvalue weighted by Gasteiger charge is 2.38. The Kier molecular flexibility index (Phi) is 7.12. The van der Waals surface area contributed by atoms with Gasteiger partial charge in [0, 0.05) is 30.6 Å². The first-order valence-electron chi connectivity index (χ1n) is 11.2. The van der Waals surface area contributed by atoms with Crippen molar-refractivity contribution in [3.63, 3.8) is 0 Å². The van der Waals surface area contributed by atoms with E-state index in [0.29, 0.717) is 30.4 Å². The number of aromatic nitrogens is 2. The van der Waals surface area contributed by atoms with Crippen molar-refractivity contribution in [1.82, 2.24) is 9.97 Å². The number of piperidine rings is 1. The van der Waals surface area contributed by atoms with Crippen molar-refractivity contribution in [2.45, 2.75) is 37.9 Å². The van der Waals surface area contributed by atoms with Crippen LogP contribution in [0.25, 0.3) is 11.3 Å². The number of nitrogens with zero attached hydrogens (tertiary/aromatic N) is 3. The predicted octanol–water partition coefficient (Wildman–Crippen LogP) is 6.42. The highest BCUT2D eigenvalue weighted by atomic mass is 32.2. The SMILES string of the molecule is Cc1c(F)cccc1-c1nc(NSc2cccc(N3CCCC(C)(C(=O)O)C3)n2)ccc1C(F)(F)F. The molecule has 36 heavy (non-hydrogen) atoms. The van der Waals surface area contributed by atoms with E-state index in [-0.39, 0.29) is 22.6 Å². The Morgan fingerprint density at radius 3 is 2.61 bits per heavy atom. The summed E-state index contributed by atoms with van der Waals surface area (Å²) in [5.41, 5.74) is -2.06. The van der Waals surface area contributed by atoms with E-state index in [9.17, 15) is 27.5 Å². The summed E-state index contributed by atoms with van der Waals surface area (Å²) in [6.45, 7) is 4.13. The maximum absolute atomic E-state index is 14.1. The van der Waals surface area contributed by atoms with Gasteiger partial charge in [-0.25, -0.2) is 14.4 Å². The Morgan fingerprint density at radius 2 is 1.89 bits per heavy atom. The fraction of sp³-hybridized carbons (Fsp3) is 0.320. The van der Waals surface area contributed by atoms with Crippen LogP contribution in [-0.2, 0) is 11.0 Å². The van der Waals surface area contributed by atoms with Crippen LogP contribution >= 0.6 is 11.9 Å². The molecular formula is C25H24F4N4O2S. The van der Waals surface area contributed by atoms with Gasteiger partial charge >= 0.3 is 12.1 Å². The van der Waals surface area contributed by atoms with Gasteiger partial charge in [0.05, 0.1) is 16.7 Å². The maximum atomic E-state index is 14.1. The summed E-state index contributed by atoms with van der Waals surface area (Å²) in [7, 11) is 0. The van der Waals surface area contributed by atoms with Gasteiger partial charge in [-0.1, -0.05) is 18.2 Å². The minimum absolute atomic E-state index is 0.0580. The molecule has 11 heteroatoms. The summed E-state index contributed by atoms with van der Waals surface area (Å²) in [5.74, 6) is -0.703. The molecule has 1 atom stereocenters. The number of hydrogen-bond donors (Lipinski definition) is 2. The minimum Gasteiger partial charge on any atom is -0.481 e. The van der Waals surface area contributed by atoms with Crippen molar-refractivity contribution in [1.29, 1.82) is 0 Å². The molecule has 1 aliphatic heterocycles. The number of pyridine rings is 2. The standard InChI is InChI=1S/C25H24F4N4O2S/c1-15-16(6-3-7-18(15)26)22-17(25(27,28)29)10-11-19(30-22)32-36-21-9-4-8-20(31-21)33-13-5-12-24(2,14-33)23(34)35/h3-4,6-11H,5,12-14H2,1-2H3,(H,30,32)(H,34,35). The minimum atomic E-state index is -4.67. The number of nitrogens with one attached hydrogen (secondary N) is 1. The molecule has 1 aliphatic rings. The molecule has 1 saturated heterocycles. The van der Waals surface area contributed by atoms with E-state index in [1.54, 1.807) is 25.1 Å². The van der Waals surface area contributed by atoms with Crippen LogP contribution < -0.4 is 9.62 Å². The predicted molar refractivity (Wildman–Crippen MR) is 130 cm³/mol. The molecule has 3 aromatic rings. The Bertz CT molecular complexity index is 1290. The van der Waals surface area contributed by atoms with Crippen LogP contribution in [0.15, 0.2) is 53.6 Å². The van der Waals surface area contributed by atoms with Crippen molar-refractivity contribution in [2.24, 2.45) is 5.41 Å². The van der Waals surface area contributed by atoms with E-state index < -0.39 is 28.9 Å². The third-order valence-corrected chi connectivity index (χ3v) is 6.98. The molecule has 6 nitrogen and oxygen atoms in total. The van der Waals surface area contributed by atoms with Crippen LogP contribution in [0.1, 0.15) is 30.9 Å². The molecule has 2 N–H and O–H groups in total. The Balaban J connectivity index is 1.57. The van der Waals surface area contributed by atoms with Gasteiger partial charge in [0.2, 0.25) is 0 Å². The first-order valence-corrected chi connectivity index (χ1v) is 12.0. The van der Waals surface area contributed by atoms with Crippen LogP contribution in [0.4, 0.5) is 29.2 Å². The number of carboxylic acids is 1. The highest BCUT2D eigenvalue weighted by molar-refractivity contribution is 8.00. The zero-order valence-electron chi connectivity index (χ0n) is 19.6. The molecule has 1 fully saturated rings. The Hall–Kier alpha value is -3.34. The van der Waals surface area contributed by atoms with Gasteiger partial charge in [-0.05, 0) is 62.6 Å². The third kappa shape index (κ3) is 5.40. The molecule has 0 spiro atoms. The van der Waals surface area contributed by atoms with E-state index in [1.165, 1.54) is 31.2 Å². The van der Waals surface area contributed by atoms with E-state index in [1.807, 2.05) is 4.90 Å². The number of carboxylic acid groups (broad SMARTS) is 1. The molecule has 0 radical (unpaired) electrons. The number of rotatable bonds is 6. The Labute approximate surface area is 209 Å². The van der Waals surface area contributed by atoms with Crippen molar-refractivity contribution >= 4 is 29.6 Å². The van der Waals surface area contributed by atoms with Crippen molar-refractivity contribution in [2.75, 3.05) is 22.7 Å². The summed E-state index contributed by atoms with van der Waals surface area (Å²) < 4.78 is 58.0. The van der Waals surface area contributed by atoms with E-state index in [2.05, 4.69) is 14.7 Å². The fourth-order valence-electron chi connectivity index (χ4n) is 4.17. The summed E-state index contributed by atoms with van der Waals surface area (Å²) in [4.78, 5) is 22.3. The zero-order chi connectivity index (χ0) is 26.1. The number of benzene rings is 1. The molecule has 0 bridgehead atoms. The number of aliphatic carboxylic acids is 1. The number of anilines is 2. The molecule has 0 saturated carbocycles. The van der Waals surface area contributed by atoms with Crippen molar-refractivity contribution in [3.05, 3.63) is 65.5 Å². The lowest BCUT2D eigenvalue weighted by molar-refractivity contribution is -0.148. The molecular weight excluding hydrogens is 496 g/mol. The molecule has 0 amide bonds. The summed E-state index contributed by atoms with van der Waals surface area (Å²) >= 11 is 1.06. The smallest absolute Gasteiger partial charge is 0.418 e. The number of carbonyl (C=O) groups is 1. The average Bonchev–Trinajstić information content (AvgIpc) is 2.84. The number of alkyl halides is 3. The van der Waals surface area contributed by atoms with Crippen LogP contribution in [0.3, 0.4) is 0 Å². The third-order valence-electron chi connectivity index (χ3n) is 6.23. The van der Waals surface area contributed by atoms with E-state index >= 15 is 0 Å². The summed E-state index contributed by atoms with van der Waals surface area (Å²) in [6, 6.07) is 11.4. The molecule has 1 unspecified atom stereocenters. The van der Waals surface area contributed by atoms with Gasteiger partial charge in [0.25, 0.3) is 0 Å². The van der Waals surface area contributed by atoms with Gasteiger partial charge in [-0.15, -0.1) is 0 Å². The largest absolute Gasteiger partial charge is 0.481 e. The van der Waals surface area contributed by atoms with Crippen LogP contribution in [0.2, 0.25) is 0 Å². The molecule has 2 aromatic heterocycles. The van der Waals surface area contributed by atoms with E-state index in [0.717, 1.165) is 24.4 Å². The average molecular weight is 521 g/mol. The second kappa shape index (κ2) is 9.96. The zero-order valence-corrected chi connectivity index (χ0v) is 20.4. The molecule has 4 rings (SSSR count). The van der Waals surface area contributed by atoms with Gasteiger partial charge in [0.1, 0.15) is 22.5 Å². The molecule has 190 valence electrons. The normalized spacial score (nSPS) is 18.2. The summed E-state index contributed by atoms with van der Waals surface area (Å²) in [6.07, 6.45) is -3.36. The molecule has 1 aromatic carbocycles. The van der Waals surface area contributed by atoms with Crippen molar-refractivity contribution in [3.8, 4) is 11.3 Å². The summed E-state index contributed by atoms with van der Waals surface area (Å²) in [5, 5.41) is 10.1. The Morgan fingerprint density at radius 1 is 1.14 bits per heavy atom. The molecule has 0 aliphatic carbocycles. The second-order valence-electron chi connectivity index (χ2n) is 8.93. The van der Waals surface area contributed by atoms with Gasteiger partial charge in [-0.2, -0.15) is 13.2 Å². The number of hydrogen-bond acceptors (Lipinski definition) is 6. The maximum Gasteiger partial charge on any atom is 0.418 e. The van der Waals surface area contributed by atoms with Gasteiger partial charge in [0.15, 0.2) is 0 Å². The lowest BCUT2D eigenvalue weighted by Gasteiger charge is -2.38. The van der Waals surface area contributed by atoms with Gasteiger partial charge in [-0.3, -0.25) is 4.79 Å². The monoisotopic (exact) mass is 520 g/mol. The van der Waals surface area contributed by atoms with Crippen molar-refractivity contribution < 1.29 is 27.5 Å². The lowest BCUT2D eigenvalue weighted by Crippen LogP contribution is -2.46. The van der Waals surface area contributed by atoms with Crippen LogP contribution in [-0.4, -0.2) is 34.1 Å². The lowest BCUT2D eigenvalue weighted by atomic mass is 9.82. The first-order chi connectivity index (χ1) is 17.0. The fourth-order valence-corrected chi connectivity index (χ4v) is 4.77. The van der Waals surface area contributed by atoms with Crippen LogP contribution in [0.5, 0.6) is 0 Å². The number of halogens is 4. The molecule has 3 heterocycles.